The Labute approximate surface area is 107 Å². The van der Waals surface area contributed by atoms with Gasteiger partial charge in [0, 0.05) is 37.5 Å². The van der Waals surface area contributed by atoms with Gasteiger partial charge in [-0.05, 0) is 38.6 Å². The van der Waals surface area contributed by atoms with E-state index in [1.807, 2.05) is 13.0 Å². The first-order valence-corrected chi connectivity index (χ1v) is 6.26. The molecule has 0 bridgehead atoms. The van der Waals surface area contributed by atoms with Gasteiger partial charge in [-0.3, -0.25) is 10.1 Å². The van der Waals surface area contributed by atoms with Crippen molar-refractivity contribution in [3.05, 3.63) is 33.9 Å². The van der Waals surface area contributed by atoms with Crippen molar-refractivity contribution >= 4 is 11.4 Å². The second-order valence-corrected chi connectivity index (χ2v) is 4.87. The van der Waals surface area contributed by atoms with Crippen LogP contribution in [0.2, 0.25) is 0 Å². The van der Waals surface area contributed by atoms with E-state index in [0.717, 1.165) is 43.9 Å². The molecule has 0 saturated carbocycles. The van der Waals surface area contributed by atoms with E-state index in [0.29, 0.717) is 0 Å². The highest BCUT2D eigenvalue weighted by atomic mass is 16.6. The summed E-state index contributed by atoms with van der Waals surface area (Å²) in [6, 6.07) is 5.12. The summed E-state index contributed by atoms with van der Waals surface area (Å²) in [4.78, 5) is 15.0. The molecule has 1 fully saturated rings. The molecule has 0 atom stereocenters. The number of likely N-dealkylation sites (N-methyl/N-ethyl adjacent to an activating group) is 1. The number of nitro groups is 1. The number of hydrogen-bond donors (Lipinski definition) is 0. The zero-order chi connectivity index (χ0) is 13.1. The third kappa shape index (κ3) is 2.79. The van der Waals surface area contributed by atoms with E-state index in [4.69, 9.17) is 0 Å². The first-order valence-electron chi connectivity index (χ1n) is 6.26. The van der Waals surface area contributed by atoms with E-state index in [2.05, 4.69) is 16.8 Å². The molecule has 18 heavy (non-hydrogen) atoms. The largest absolute Gasteiger partial charge is 0.370 e. The first-order chi connectivity index (χ1) is 8.58. The Kier molecular flexibility index (Phi) is 3.81. The molecule has 1 aliphatic rings. The van der Waals surface area contributed by atoms with Crippen molar-refractivity contribution in [3.63, 3.8) is 0 Å². The summed E-state index contributed by atoms with van der Waals surface area (Å²) >= 11 is 0. The van der Waals surface area contributed by atoms with Crippen LogP contribution in [0.1, 0.15) is 12.0 Å². The van der Waals surface area contributed by atoms with Gasteiger partial charge in [-0.2, -0.15) is 0 Å². The van der Waals surface area contributed by atoms with Crippen LogP contribution in [0.15, 0.2) is 18.2 Å². The number of non-ortho nitro benzene ring substituents is 1. The van der Waals surface area contributed by atoms with E-state index >= 15 is 0 Å². The van der Waals surface area contributed by atoms with Crippen LogP contribution < -0.4 is 4.90 Å². The molecule has 1 saturated heterocycles. The third-order valence-electron chi connectivity index (χ3n) is 3.45. The fourth-order valence-electron chi connectivity index (χ4n) is 2.40. The Morgan fingerprint density at radius 1 is 1.22 bits per heavy atom. The number of hydrogen-bond acceptors (Lipinski definition) is 4. The molecular weight excluding hydrogens is 230 g/mol. The summed E-state index contributed by atoms with van der Waals surface area (Å²) < 4.78 is 0. The van der Waals surface area contributed by atoms with Gasteiger partial charge in [0.1, 0.15) is 0 Å². The lowest BCUT2D eigenvalue weighted by Crippen LogP contribution is -2.29. The molecule has 0 amide bonds. The second kappa shape index (κ2) is 5.35. The Morgan fingerprint density at radius 3 is 2.67 bits per heavy atom. The quantitative estimate of drug-likeness (QED) is 0.594. The van der Waals surface area contributed by atoms with Crippen molar-refractivity contribution in [2.45, 2.75) is 13.3 Å². The van der Waals surface area contributed by atoms with E-state index in [9.17, 15) is 10.1 Å². The predicted molar refractivity (Wildman–Crippen MR) is 72.2 cm³/mol. The lowest BCUT2D eigenvalue weighted by molar-refractivity contribution is -0.384. The van der Waals surface area contributed by atoms with Crippen molar-refractivity contribution in [2.24, 2.45) is 0 Å². The van der Waals surface area contributed by atoms with Gasteiger partial charge < -0.3 is 9.80 Å². The Balaban J connectivity index is 2.20. The lowest BCUT2D eigenvalue weighted by atomic mass is 10.1. The minimum atomic E-state index is -0.340. The van der Waals surface area contributed by atoms with Gasteiger partial charge in [0.2, 0.25) is 0 Å². The maximum Gasteiger partial charge on any atom is 0.269 e. The van der Waals surface area contributed by atoms with Crippen molar-refractivity contribution < 1.29 is 4.92 Å². The number of rotatable bonds is 2. The molecule has 2 rings (SSSR count). The van der Waals surface area contributed by atoms with E-state index in [1.165, 1.54) is 0 Å². The summed E-state index contributed by atoms with van der Waals surface area (Å²) in [6.07, 6.45) is 1.13. The van der Waals surface area contributed by atoms with Gasteiger partial charge in [-0.15, -0.1) is 0 Å². The van der Waals surface area contributed by atoms with Crippen molar-refractivity contribution in [2.75, 3.05) is 38.1 Å². The molecule has 0 aromatic heterocycles. The van der Waals surface area contributed by atoms with Gasteiger partial charge in [-0.25, -0.2) is 0 Å². The summed E-state index contributed by atoms with van der Waals surface area (Å²) in [5, 5.41) is 10.7. The zero-order valence-corrected chi connectivity index (χ0v) is 10.9. The SMILES string of the molecule is Cc1cc([N+](=O)[O-])ccc1N1CCCN(C)CC1. The minimum absolute atomic E-state index is 0.170. The van der Waals surface area contributed by atoms with Crippen molar-refractivity contribution in [1.82, 2.24) is 4.90 Å². The predicted octanol–water partition coefficient (Wildman–Crippen LogP) is 2.05. The summed E-state index contributed by atoms with van der Waals surface area (Å²) in [7, 11) is 2.13. The summed E-state index contributed by atoms with van der Waals surface area (Å²) in [6.45, 7) is 6.09. The molecule has 1 heterocycles. The van der Waals surface area contributed by atoms with Crippen molar-refractivity contribution in [3.8, 4) is 0 Å². The summed E-state index contributed by atoms with van der Waals surface area (Å²) in [5.74, 6) is 0. The fraction of sp³-hybridized carbons (Fsp3) is 0.538. The van der Waals surface area contributed by atoms with Crippen LogP contribution in [0.25, 0.3) is 0 Å². The van der Waals surface area contributed by atoms with Gasteiger partial charge in [0.15, 0.2) is 0 Å². The molecule has 98 valence electrons. The molecule has 1 aromatic rings. The van der Waals surface area contributed by atoms with Gasteiger partial charge in [0.25, 0.3) is 5.69 Å². The van der Waals surface area contributed by atoms with Crippen LogP contribution in [0.5, 0.6) is 0 Å². The van der Waals surface area contributed by atoms with Crippen LogP contribution in [0, 0.1) is 17.0 Å². The van der Waals surface area contributed by atoms with Crippen LogP contribution in [-0.2, 0) is 0 Å². The highest BCUT2D eigenvalue weighted by Crippen LogP contribution is 2.25. The molecule has 0 unspecified atom stereocenters. The molecule has 0 aliphatic carbocycles. The Morgan fingerprint density at radius 2 is 2.00 bits per heavy atom. The minimum Gasteiger partial charge on any atom is -0.370 e. The van der Waals surface area contributed by atoms with Gasteiger partial charge >= 0.3 is 0 Å². The fourth-order valence-corrected chi connectivity index (χ4v) is 2.40. The first kappa shape index (κ1) is 12.8. The van der Waals surface area contributed by atoms with E-state index < -0.39 is 0 Å². The number of aryl methyl sites for hydroxylation is 1. The monoisotopic (exact) mass is 249 g/mol. The van der Waals surface area contributed by atoms with Crippen LogP contribution >= 0.6 is 0 Å². The van der Waals surface area contributed by atoms with Crippen LogP contribution in [-0.4, -0.2) is 43.0 Å². The second-order valence-electron chi connectivity index (χ2n) is 4.87. The number of nitrogens with zero attached hydrogens (tertiary/aromatic N) is 3. The number of nitro benzene ring substituents is 1. The molecule has 0 N–H and O–H groups in total. The average Bonchev–Trinajstić information content (AvgIpc) is 2.54. The molecule has 0 radical (unpaired) electrons. The molecule has 0 spiro atoms. The third-order valence-corrected chi connectivity index (χ3v) is 3.45. The van der Waals surface area contributed by atoms with E-state index in [1.54, 1.807) is 12.1 Å². The van der Waals surface area contributed by atoms with Gasteiger partial charge in [0.05, 0.1) is 4.92 Å². The highest BCUT2D eigenvalue weighted by Gasteiger charge is 2.16. The standard InChI is InChI=1S/C13H19N3O2/c1-11-10-12(16(17)18)4-5-13(11)15-7-3-6-14(2)8-9-15/h4-5,10H,3,6-9H2,1-2H3. The average molecular weight is 249 g/mol. The van der Waals surface area contributed by atoms with Crippen molar-refractivity contribution in [1.29, 1.82) is 0 Å². The normalized spacial score (nSPS) is 17.6. The lowest BCUT2D eigenvalue weighted by Gasteiger charge is -2.24. The molecule has 1 aromatic carbocycles. The molecule has 5 heteroatoms. The Bertz CT molecular complexity index is 448. The topological polar surface area (TPSA) is 49.6 Å². The number of benzene rings is 1. The summed E-state index contributed by atoms with van der Waals surface area (Å²) in [5.41, 5.74) is 2.27. The van der Waals surface area contributed by atoms with Crippen LogP contribution in [0.3, 0.4) is 0 Å². The maximum absolute atomic E-state index is 10.7. The zero-order valence-electron chi connectivity index (χ0n) is 10.9. The number of anilines is 1. The van der Waals surface area contributed by atoms with Gasteiger partial charge in [-0.1, -0.05) is 0 Å². The molecular formula is C13H19N3O2. The van der Waals surface area contributed by atoms with Crippen LogP contribution in [0.4, 0.5) is 11.4 Å². The van der Waals surface area contributed by atoms with E-state index in [-0.39, 0.29) is 10.6 Å². The smallest absolute Gasteiger partial charge is 0.269 e. The maximum atomic E-state index is 10.7. The Hall–Kier alpha value is -1.62. The molecule has 5 nitrogen and oxygen atoms in total. The highest BCUT2D eigenvalue weighted by molar-refractivity contribution is 5.57. The molecule has 1 aliphatic heterocycles.